The first-order valence-corrected chi connectivity index (χ1v) is 24.9. The zero-order chi connectivity index (χ0) is 34.1. The van der Waals surface area contributed by atoms with Crippen molar-refractivity contribution in [1.82, 2.24) is 0 Å². The quantitative estimate of drug-likeness (QED) is 0.0387. The zero-order valence-corrected chi connectivity index (χ0v) is 37.6. The summed E-state index contributed by atoms with van der Waals surface area (Å²) in [6.07, 6.45) is 46.6. The van der Waals surface area contributed by atoms with Gasteiger partial charge in [0.2, 0.25) is 0 Å². The molecule has 0 saturated carbocycles. The molecule has 0 spiro atoms. The largest absolute Gasteiger partial charge is 2.00 e. The van der Waals surface area contributed by atoms with Crippen LogP contribution in [-0.4, -0.2) is 0 Å². The predicted octanol–water partition coefficient (Wildman–Crippen LogP) is 14.3. The van der Waals surface area contributed by atoms with E-state index in [1.165, 1.54) is 217 Å². The van der Waals surface area contributed by atoms with E-state index < -0.39 is 5.69 Å². The Labute approximate surface area is 322 Å². The number of hydrogen-bond donors (Lipinski definition) is 0. The Morgan fingerprint density at radius 2 is 0.708 bits per heavy atom. The van der Waals surface area contributed by atoms with Crippen LogP contribution in [0.2, 0.25) is 0 Å². The van der Waals surface area contributed by atoms with E-state index in [4.69, 9.17) is 11.8 Å². The van der Waals surface area contributed by atoms with Gasteiger partial charge in [0.25, 0.3) is 0 Å². The van der Waals surface area contributed by atoms with Crippen molar-refractivity contribution in [2.45, 2.75) is 237 Å². The van der Waals surface area contributed by atoms with Crippen molar-refractivity contribution in [2.24, 2.45) is 0 Å². The van der Waals surface area contributed by atoms with Crippen LogP contribution in [0.25, 0.3) is 0 Å². The number of aryl methyl sites for hydroxylation is 2. The number of rotatable bonds is 36. The second kappa shape index (κ2) is 36.1. The Morgan fingerprint density at radius 3 is 1.00 bits per heavy atom. The fourth-order valence-corrected chi connectivity index (χ4v) is 9.46. The first-order valence-electron chi connectivity index (χ1n) is 20.8. The average Bonchev–Trinajstić information content (AvgIpc) is 3.04. The van der Waals surface area contributed by atoms with Crippen LogP contribution in [0.5, 0.6) is 0 Å². The van der Waals surface area contributed by atoms with Gasteiger partial charge < -0.3 is 9.79 Å². The summed E-state index contributed by atoms with van der Waals surface area (Å²) in [6.45, 7) is 4.58. The molecule has 0 radical (unpaired) electrons. The maximum atomic E-state index is 11.8. The molecule has 0 unspecified atom stereocenters. The molecule has 0 aliphatic carbocycles. The van der Waals surface area contributed by atoms with Crippen molar-refractivity contribution in [3.05, 3.63) is 29.3 Å². The summed E-state index contributed by atoms with van der Waals surface area (Å²) in [5.74, 6) is 0. The van der Waals surface area contributed by atoms with Gasteiger partial charge >= 0.3 is 19.5 Å². The minimum atomic E-state index is -3.79. The Hall–Kier alpha value is 0.763. The Bertz CT molecular complexity index is 862. The number of hydrogen-bond acceptors (Lipinski definition) is 4. The fourth-order valence-electron chi connectivity index (χ4n) is 6.99. The van der Waals surface area contributed by atoms with Gasteiger partial charge in [-0.05, 0) is 48.9 Å². The second-order valence-electron chi connectivity index (χ2n) is 14.6. The maximum Gasteiger partial charge on any atom is 2.00 e. The molecule has 0 aromatic heterocycles. The van der Waals surface area contributed by atoms with Gasteiger partial charge in [0.05, 0.1) is 0 Å². The van der Waals surface area contributed by atoms with Crippen LogP contribution in [0.3, 0.4) is 0 Å². The second-order valence-corrected chi connectivity index (χ2v) is 20.2. The van der Waals surface area contributed by atoms with Crippen LogP contribution in [0, 0.1) is 0 Å². The first kappa shape index (κ1) is 48.8. The molecule has 0 bridgehead atoms. The molecular weight excluding hydrogens is 697 g/mol. The molecule has 276 valence electrons. The van der Waals surface area contributed by atoms with Gasteiger partial charge in [0, 0.05) is 4.90 Å². The minimum Gasteiger partial charge on any atom is -0.824 e. The van der Waals surface area contributed by atoms with Crippen LogP contribution in [0.15, 0.2) is 23.1 Å². The Morgan fingerprint density at radius 1 is 0.438 bits per heavy atom. The smallest absolute Gasteiger partial charge is 0.824 e. The van der Waals surface area contributed by atoms with Crippen molar-refractivity contribution in [2.75, 3.05) is 0 Å². The van der Waals surface area contributed by atoms with Crippen molar-refractivity contribution < 1.29 is 29.3 Å². The summed E-state index contributed by atoms with van der Waals surface area (Å²) < 4.78 is 0. The van der Waals surface area contributed by atoms with E-state index in [0.717, 1.165) is 29.1 Å². The summed E-state index contributed by atoms with van der Waals surface area (Å²) in [7, 11) is 0. The maximum absolute atomic E-state index is 11.8. The first-order chi connectivity index (χ1) is 23.0. The van der Waals surface area contributed by atoms with Crippen LogP contribution in [0.4, 0.5) is 0 Å². The molecule has 6 heteroatoms. The van der Waals surface area contributed by atoms with Gasteiger partial charge in [0.15, 0.2) is 0 Å². The normalized spacial score (nSPS) is 11.7. The molecule has 0 aliphatic heterocycles. The van der Waals surface area contributed by atoms with E-state index >= 15 is 0 Å². The van der Waals surface area contributed by atoms with Crippen molar-refractivity contribution in [1.29, 1.82) is 0 Å². The average molecular weight is 775 g/mol. The molecule has 1 aromatic rings. The monoisotopic (exact) mass is 772 g/mol. The SMILES string of the molecule is CCCCCCCCCCCCCCCCCCc1ccc(SP([O-])([O-])=S)cc1CCCCCCCCCCCCCCCCCC.[Zn+2]. The summed E-state index contributed by atoms with van der Waals surface area (Å²) in [6, 6.07) is 6.27. The Kier molecular flexibility index (Phi) is 36.7. The van der Waals surface area contributed by atoms with Gasteiger partial charge in [-0.3, -0.25) is 0 Å². The molecule has 48 heavy (non-hydrogen) atoms. The molecule has 0 saturated heterocycles. The van der Waals surface area contributed by atoms with Crippen LogP contribution >= 0.6 is 17.1 Å². The third kappa shape index (κ3) is 32.7. The Balaban J connectivity index is 0.0000221. The molecule has 0 atom stereocenters. The standard InChI is InChI=1S/C42H79O2PS2.Zn/c1-3-5-7-9-11-13-15-17-19-21-23-25-27-29-31-33-35-40-37-38-42(47-45(43,44)46)39-41(40)36-34-32-30-28-26-24-22-20-18-16-14-12-10-8-6-4-2;/h37-39H,3-36H2,1-2H3,(H2,43,44,46);/q;+2/p-2. The van der Waals surface area contributed by atoms with Crippen LogP contribution in [0.1, 0.15) is 230 Å². The van der Waals surface area contributed by atoms with E-state index in [9.17, 15) is 9.79 Å². The number of benzene rings is 1. The molecule has 1 aromatic carbocycles. The van der Waals surface area contributed by atoms with E-state index in [1.54, 1.807) is 0 Å². The van der Waals surface area contributed by atoms with Crippen molar-refractivity contribution in [3.8, 4) is 0 Å². The molecule has 1 rings (SSSR count). The summed E-state index contributed by atoms with van der Waals surface area (Å²) in [5, 5.41) is 0. The van der Waals surface area contributed by atoms with E-state index in [2.05, 4.69) is 26.0 Å². The van der Waals surface area contributed by atoms with Crippen molar-refractivity contribution in [3.63, 3.8) is 0 Å². The zero-order valence-electron chi connectivity index (χ0n) is 32.1. The van der Waals surface area contributed by atoms with Crippen LogP contribution < -0.4 is 9.79 Å². The summed E-state index contributed by atoms with van der Waals surface area (Å²) in [5.41, 5.74) is -1.02. The summed E-state index contributed by atoms with van der Waals surface area (Å²) in [4.78, 5) is 24.3. The third-order valence-electron chi connectivity index (χ3n) is 9.99. The predicted molar refractivity (Wildman–Crippen MR) is 213 cm³/mol. The molecule has 0 fully saturated rings. The van der Waals surface area contributed by atoms with Crippen LogP contribution in [-0.2, 0) is 44.1 Å². The minimum absolute atomic E-state index is 0. The molecule has 0 heterocycles. The molecular formula is C42H77O2PS2Zn. The van der Waals surface area contributed by atoms with E-state index in [1.807, 2.05) is 6.07 Å². The molecule has 2 nitrogen and oxygen atoms in total. The fraction of sp³-hybridized carbons (Fsp3) is 0.857. The molecule has 0 amide bonds. The van der Waals surface area contributed by atoms with Gasteiger partial charge in [-0.15, -0.1) is 23.2 Å². The van der Waals surface area contributed by atoms with E-state index in [-0.39, 0.29) is 19.5 Å². The van der Waals surface area contributed by atoms with Gasteiger partial charge in [0.1, 0.15) is 0 Å². The summed E-state index contributed by atoms with van der Waals surface area (Å²) >= 11 is 5.54. The van der Waals surface area contributed by atoms with Gasteiger partial charge in [-0.1, -0.05) is 213 Å². The third-order valence-corrected chi connectivity index (χ3v) is 12.7. The topological polar surface area (TPSA) is 46.1 Å². The number of unbranched alkanes of at least 4 members (excludes halogenated alkanes) is 30. The van der Waals surface area contributed by atoms with Gasteiger partial charge in [-0.25, -0.2) is 0 Å². The van der Waals surface area contributed by atoms with Gasteiger partial charge in [-0.2, -0.15) is 5.69 Å². The molecule has 0 N–H and O–H groups in total. The van der Waals surface area contributed by atoms with E-state index in [0.29, 0.717) is 0 Å². The molecule has 0 aliphatic rings. The van der Waals surface area contributed by atoms with Crippen molar-refractivity contribution >= 4 is 28.9 Å².